The average Bonchev–Trinajstić information content (AvgIpc) is 2.69. The van der Waals surface area contributed by atoms with E-state index in [-0.39, 0.29) is 29.1 Å². The molecule has 0 aliphatic rings. The molecule has 168 valence electrons. The van der Waals surface area contributed by atoms with Gasteiger partial charge in [0.15, 0.2) is 17.2 Å². The summed E-state index contributed by atoms with van der Waals surface area (Å²) in [5.41, 5.74) is 1.01. The molecule has 2 aromatic rings. The van der Waals surface area contributed by atoms with Gasteiger partial charge in [-0.05, 0) is 43.9 Å². The molecule has 2 N–H and O–H groups in total. The molecule has 0 aliphatic heterocycles. The summed E-state index contributed by atoms with van der Waals surface area (Å²) in [6.07, 6.45) is 0.675. The maximum atomic E-state index is 14.5. The third kappa shape index (κ3) is 5.71. The van der Waals surface area contributed by atoms with Gasteiger partial charge in [0, 0.05) is 18.2 Å². The number of aromatic hydroxyl groups is 1. The zero-order valence-corrected chi connectivity index (χ0v) is 18.6. The zero-order chi connectivity index (χ0) is 23.3. The Morgan fingerprint density at radius 3 is 2.42 bits per heavy atom. The fourth-order valence-corrected chi connectivity index (χ4v) is 3.51. The molecule has 0 bridgehead atoms. The second kappa shape index (κ2) is 10.2. The molecule has 1 amide bonds. The molecular formula is C23H29FN2O5. The SMILES string of the molecule is COc1ccnc(C(=O)N[C@@H](C)C(=O)O[C@@H](C)[C@@H](c2ccc(C)cc2F)C(C)C)c1O. The number of halogens is 1. The molecular weight excluding hydrogens is 403 g/mol. The number of carbonyl (C=O) groups is 2. The van der Waals surface area contributed by atoms with Crippen LogP contribution in [0.1, 0.15) is 55.2 Å². The maximum absolute atomic E-state index is 14.5. The number of carbonyl (C=O) groups excluding carboxylic acids is 2. The normalized spacial score (nSPS) is 13.9. The van der Waals surface area contributed by atoms with E-state index in [1.807, 2.05) is 19.9 Å². The van der Waals surface area contributed by atoms with Crippen LogP contribution < -0.4 is 10.1 Å². The molecule has 0 saturated heterocycles. The van der Waals surface area contributed by atoms with Crippen LogP contribution >= 0.6 is 0 Å². The Morgan fingerprint density at radius 1 is 1.16 bits per heavy atom. The summed E-state index contributed by atoms with van der Waals surface area (Å²) in [5, 5.41) is 12.5. The van der Waals surface area contributed by atoms with Crippen molar-refractivity contribution in [2.45, 2.75) is 52.7 Å². The van der Waals surface area contributed by atoms with E-state index in [4.69, 9.17) is 9.47 Å². The minimum Gasteiger partial charge on any atom is -0.503 e. The predicted octanol–water partition coefficient (Wildman–Crippen LogP) is 3.73. The highest BCUT2D eigenvalue weighted by Crippen LogP contribution is 2.32. The Morgan fingerprint density at radius 2 is 1.84 bits per heavy atom. The van der Waals surface area contributed by atoms with Crippen LogP contribution in [0.25, 0.3) is 0 Å². The van der Waals surface area contributed by atoms with Crippen molar-refractivity contribution in [3.63, 3.8) is 0 Å². The number of amides is 1. The fraction of sp³-hybridized carbons (Fsp3) is 0.435. The van der Waals surface area contributed by atoms with Gasteiger partial charge in [-0.25, -0.2) is 14.2 Å². The van der Waals surface area contributed by atoms with E-state index in [1.165, 1.54) is 32.4 Å². The molecule has 1 heterocycles. The number of rotatable bonds is 8. The van der Waals surface area contributed by atoms with Gasteiger partial charge in [0.05, 0.1) is 7.11 Å². The number of hydrogen-bond acceptors (Lipinski definition) is 6. The first-order chi connectivity index (χ1) is 14.6. The summed E-state index contributed by atoms with van der Waals surface area (Å²) < 4.78 is 25.1. The second-order valence-electron chi connectivity index (χ2n) is 7.84. The minimum atomic E-state index is -1.02. The third-order valence-electron chi connectivity index (χ3n) is 5.06. The molecule has 7 nitrogen and oxygen atoms in total. The molecule has 1 aromatic heterocycles. The Bertz CT molecular complexity index is 948. The van der Waals surface area contributed by atoms with Gasteiger partial charge in [-0.15, -0.1) is 0 Å². The third-order valence-corrected chi connectivity index (χ3v) is 5.06. The summed E-state index contributed by atoms with van der Waals surface area (Å²) in [6, 6.07) is 5.37. The van der Waals surface area contributed by atoms with Gasteiger partial charge >= 0.3 is 5.97 Å². The number of benzene rings is 1. The predicted molar refractivity (Wildman–Crippen MR) is 114 cm³/mol. The first kappa shape index (κ1) is 24.1. The van der Waals surface area contributed by atoms with Gasteiger partial charge in [0.2, 0.25) is 0 Å². The topological polar surface area (TPSA) is 97.8 Å². The van der Waals surface area contributed by atoms with Crippen LogP contribution in [0.15, 0.2) is 30.5 Å². The van der Waals surface area contributed by atoms with E-state index < -0.39 is 29.8 Å². The lowest BCUT2D eigenvalue weighted by molar-refractivity contribution is -0.151. The Hall–Kier alpha value is -3.16. The van der Waals surface area contributed by atoms with Gasteiger partial charge in [-0.2, -0.15) is 0 Å². The maximum Gasteiger partial charge on any atom is 0.328 e. The Balaban J connectivity index is 2.11. The van der Waals surface area contributed by atoms with Crippen molar-refractivity contribution in [3.8, 4) is 11.5 Å². The van der Waals surface area contributed by atoms with Gasteiger partial charge in [-0.3, -0.25) is 4.79 Å². The molecule has 8 heteroatoms. The van der Waals surface area contributed by atoms with Gasteiger partial charge < -0.3 is 19.9 Å². The van der Waals surface area contributed by atoms with Gasteiger partial charge in [0.25, 0.3) is 5.91 Å². The van der Waals surface area contributed by atoms with E-state index in [0.29, 0.717) is 5.56 Å². The largest absolute Gasteiger partial charge is 0.503 e. The van der Waals surface area contributed by atoms with Crippen LogP contribution in [0.3, 0.4) is 0 Å². The van der Waals surface area contributed by atoms with Crippen LogP contribution in [-0.4, -0.2) is 41.2 Å². The van der Waals surface area contributed by atoms with Crippen LogP contribution in [0.5, 0.6) is 11.5 Å². The summed E-state index contributed by atoms with van der Waals surface area (Å²) in [4.78, 5) is 28.8. The Kier molecular flexibility index (Phi) is 7.96. The molecule has 0 unspecified atom stereocenters. The quantitative estimate of drug-likeness (QED) is 0.617. The van der Waals surface area contributed by atoms with Crippen molar-refractivity contribution in [1.29, 1.82) is 0 Å². The molecule has 31 heavy (non-hydrogen) atoms. The number of methoxy groups -OCH3 is 1. The standard InChI is InChI=1S/C23H29FN2O5/c1-12(2)19(16-8-7-13(3)11-17(16)24)15(5)31-23(29)14(4)26-22(28)20-21(27)18(30-6)9-10-25-20/h7-12,14-15,19,27H,1-6H3,(H,26,28)/t14-,15-,19-/m0/s1. The lowest BCUT2D eigenvalue weighted by atomic mass is 9.83. The van der Waals surface area contributed by atoms with E-state index >= 15 is 0 Å². The molecule has 0 saturated carbocycles. The molecule has 2 rings (SSSR count). The molecule has 0 radical (unpaired) electrons. The van der Waals surface area contributed by atoms with Crippen molar-refractivity contribution >= 4 is 11.9 Å². The second-order valence-corrected chi connectivity index (χ2v) is 7.84. The molecule has 0 spiro atoms. The first-order valence-corrected chi connectivity index (χ1v) is 10.1. The van der Waals surface area contributed by atoms with Crippen LogP contribution in [0.2, 0.25) is 0 Å². The molecule has 0 aliphatic carbocycles. The number of nitrogens with one attached hydrogen (secondary N) is 1. The highest BCUT2D eigenvalue weighted by molar-refractivity contribution is 5.97. The molecule has 1 aromatic carbocycles. The number of pyridine rings is 1. The summed E-state index contributed by atoms with van der Waals surface area (Å²) in [6.45, 7) is 8.82. The highest BCUT2D eigenvalue weighted by Gasteiger charge is 2.30. The van der Waals surface area contributed by atoms with Crippen molar-refractivity contribution in [3.05, 3.63) is 53.1 Å². The number of esters is 1. The van der Waals surface area contributed by atoms with Crippen molar-refractivity contribution in [2.75, 3.05) is 7.11 Å². The summed E-state index contributed by atoms with van der Waals surface area (Å²) in [7, 11) is 1.35. The number of nitrogens with zero attached hydrogens (tertiary/aromatic N) is 1. The van der Waals surface area contributed by atoms with Crippen molar-refractivity contribution in [1.82, 2.24) is 10.3 Å². The van der Waals surface area contributed by atoms with Gasteiger partial charge in [-0.1, -0.05) is 26.0 Å². The van der Waals surface area contributed by atoms with Crippen LogP contribution in [-0.2, 0) is 9.53 Å². The molecule has 0 fully saturated rings. The highest BCUT2D eigenvalue weighted by atomic mass is 19.1. The minimum absolute atomic E-state index is 0.00262. The number of hydrogen-bond donors (Lipinski definition) is 2. The van der Waals surface area contributed by atoms with E-state index in [1.54, 1.807) is 19.9 Å². The van der Waals surface area contributed by atoms with Crippen molar-refractivity contribution in [2.24, 2.45) is 5.92 Å². The molecule has 3 atom stereocenters. The van der Waals surface area contributed by atoms with Gasteiger partial charge in [0.1, 0.15) is 18.0 Å². The van der Waals surface area contributed by atoms with E-state index in [9.17, 15) is 19.1 Å². The lowest BCUT2D eigenvalue weighted by Gasteiger charge is -2.29. The van der Waals surface area contributed by atoms with Crippen molar-refractivity contribution < 1.29 is 28.6 Å². The summed E-state index contributed by atoms with van der Waals surface area (Å²) in [5.74, 6) is -2.48. The van der Waals surface area contributed by atoms with Crippen LogP contribution in [0, 0.1) is 18.7 Å². The number of ether oxygens (including phenoxy) is 2. The smallest absolute Gasteiger partial charge is 0.328 e. The number of aromatic nitrogens is 1. The zero-order valence-electron chi connectivity index (χ0n) is 18.6. The Labute approximate surface area is 181 Å². The van der Waals surface area contributed by atoms with Crippen LogP contribution in [0.4, 0.5) is 4.39 Å². The summed E-state index contributed by atoms with van der Waals surface area (Å²) >= 11 is 0. The first-order valence-electron chi connectivity index (χ1n) is 10.1. The average molecular weight is 432 g/mol. The van der Waals surface area contributed by atoms with E-state index in [2.05, 4.69) is 10.3 Å². The number of aryl methyl sites for hydroxylation is 1. The van der Waals surface area contributed by atoms with E-state index in [0.717, 1.165) is 5.56 Å². The fourth-order valence-electron chi connectivity index (χ4n) is 3.51. The monoisotopic (exact) mass is 432 g/mol. The lowest BCUT2D eigenvalue weighted by Crippen LogP contribution is -2.42.